The van der Waals surface area contributed by atoms with E-state index in [-0.39, 0.29) is 47.1 Å². The van der Waals surface area contributed by atoms with Gasteiger partial charge >= 0.3 is 0 Å². The Morgan fingerprint density at radius 3 is 0.663 bits per heavy atom. The molecule has 0 N–H and O–H groups in total. The summed E-state index contributed by atoms with van der Waals surface area (Å²) in [6.45, 7) is 8.73. The van der Waals surface area contributed by atoms with Crippen molar-refractivity contribution < 1.29 is 38.4 Å². The number of unbranched alkanes of at least 4 members (excludes halogenated alkanes) is 12. The average Bonchev–Trinajstić information content (AvgIpc) is 0.695. The third kappa shape index (κ3) is 9.43. The van der Waals surface area contributed by atoms with Crippen LogP contribution in [0.1, 0.15) is 239 Å². The molecule has 4 aliphatic heterocycles. The maximum absolute atomic E-state index is 15.5. The van der Waals surface area contributed by atoms with Crippen molar-refractivity contribution in [3.05, 3.63) is 190 Å². The van der Waals surface area contributed by atoms with Gasteiger partial charge in [-0.2, -0.15) is 0 Å². The fourth-order valence-corrected chi connectivity index (χ4v) is 17.5. The molecule has 490 valence electrons. The van der Waals surface area contributed by atoms with Crippen molar-refractivity contribution in [2.45, 2.75) is 168 Å². The van der Waals surface area contributed by atoms with Gasteiger partial charge in [-0.15, -0.1) is 0 Å². The van der Waals surface area contributed by atoms with Crippen LogP contribution in [-0.4, -0.2) is 69.1 Å². The van der Waals surface area contributed by atoms with Crippen LogP contribution in [0.2, 0.25) is 0 Å². The molecular weight excluding hydrogens is 1220 g/mol. The van der Waals surface area contributed by atoms with Crippen LogP contribution in [0.25, 0.3) is 97.3 Å². The zero-order chi connectivity index (χ0) is 67.4. The number of hydrogen-bond donors (Lipinski definition) is 0. The predicted molar refractivity (Wildman–Crippen MR) is 393 cm³/mol. The van der Waals surface area contributed by atoms with Crippen molar-refractivity contribution in [2.75, 3.05) is 9.80 Å². The number of amides is 8. The lowest BCUT2D eigenvalue weighted by Gasteiger charge is -2.35. The summed E-state index contributed by atoms with van der Waals surface area (Å²) in [6.07, 6.45) is 20.0. The van der Waals surface area contributed by atoms with Crippen LogP contribution in [0, 0.1) is 0 Å². The summed E-state index contributed by atoms with van der Waals surface area (Å²) < 4.78 is 0. The Kier molecular flexibility index (Phi) is 16.0. The Morgan fingerprint density at radius 1 is 0.224 bits per heavy atom. The predicted octanol–water partition coefficient (Wildman–Crippen LogP) is 20.9. The van der Waals surface area contributed by atoms with E-state index in [2.05, 4.69) is 27.7 Å². The maximum atomic E-state index is 15.5. The number of benzene rings is 12. The third-order valence-electron chi connectivity index (χ3n) is 22.2. The molecule has 8 amide bonds. The minimum absolute atomic E-state index is 0.195. The van der Waals surface area contributed by atoms with Crippen molar-refractivity contribution in [3.63, 3.8) is 0 Å². The van der Waals surface area contributed by atoms with E-state index >= 15 is 19.2 Å². The van der Waals surface area contributed by atoms with Crippen LogP contribution < -0.4 is 9.80 Å². The summed E-state index contributed by atoms with van der Waals surface area (Å²) in [6, 6.07) is 43.7. The lowest BCUT2D eigenvalue weighted by atomic mass is 9.81. The van der Waals surface area contributed by atoms with Crippen molar-refractivity contribution in [1.29, 1.82) is 0 Å². The van der Waals surface area contributed by atoms with Gasteiger partial charge in [0.1, 0.15) is 0 Å². The molecule has 16 rings (SSSR count). The number of nitrogens with zero attached hydrogens (tertiary/aromatic N) is 4. The second-order valence-corrected chi connectivity index (χ2v) is 27.9. The zero-order valence-electron chi connectivity index (χ0n) is 56.2. The molecule has 12 aromatic carbocycles. The Labute approximate surface area is 569 Å². The Balaban J connectivity index is 0.735. The highest BCUT2D eigenvalue weighted by molar-refractivity contribution is 6.46. The highest BCUT2D eigenvalue weighted by Crippen LogP contribution is 2.51. The molecule has 0 radical (unpaired) electrons. The average molecular weight is 1300 g/mol. The van der Waals surface area contributed by atoms with E-state index < -0.39 is 23.6 Å². The van der Waals surface area contributed by atoms with Crippen molar-refractivity contribution in [1.82, 2.24) is 9.80 Å². The van der Waals surface area contributed by atoms with E-state index in [9.17, 15) is 19.2 Å². The minimum Gasteiger partial charge on any atom is -0.271 e. The fourth-order valence-electron chi connectivity index (χ4n) is 17.5. The molecule has 4 heterocycles. The molecular formula is C86H78N4O8. The zero-order valence-corrected chi connectivity index (χ0v) is 56.2. The second kappa shape index (κ2) is 25.0. The van der Waals surface area contributed by atoms with E-state index in [1.54, 1.807) is 82.6 Å². The number of carbonyl (C=O) groups excluding carboxylic acids is 8. The first-order valence-electron chi connectivity index (χ1n) is 36.0. The Bertz CT molecular complexity index is 4810. The highest BCUT2D eigenvalue weighted by atomic mass is 16.2. The van der Waals surface area contributed by atoms with Gasteiger partial charge in [-0.25, -0.2) is 9.80 Å². The van der Waals surface area contributed by atoms with Gasteiger partial charge in [-0.1, -0.05) is 215 Å². The topological polar surface area (TPSA) is 150 Å². The van der Waals surface area contributed by atoms with Gasteiger partial charge in [0, 0.05) is 89.3 Å². The van der Waals surface area contributed by atoms with Crippen LogP contribution in [0.4, 0.5) is 11.4 Å². The first-order valence-corrected chi connectivity index (χ1v) is 36.0. The van der Waals surface area contributed by atoms with Crippen LogP contribution in [0.3, 0.4) is 0 Å². The van der Waals surface area contributed by atoms with Gasteiger partial charge < -0.3 is 0 Å². The summed E-state index contributed by atoms with van der Waals surface area (Å²) in [5.74, 6) is -3.21. The number of hydrogen-bond acceptors (Lipinski definition) is 8. The largest absolute Gasteiger partial charge is 0.271 e. The van der Waals surface area contributed by atoms with Gasteiger partial charge in [0.05, 0.1) is 11.4 Å². The van der Waals surface area contributed by atoms with Crippen LogP contribution >= 0.6 is 0 Å². The lowest BCUT2D eigenvalue weighted by molar-refractivity contribution is 0.0501. The molecule has 0 aromatic heterocycles. The number of imide groups is 4. The van der Waals surface area contributed by atoms with E-state index in [4.69, 9.17) is 0 Å². The molecule has 12 nitrogen and oxygen atoms in total. The number of anilines is 2. The minimum atomic E-state index is -0.543. The molecule has 4 aliphatic rings. The standard InChI is InChI=1S/C86H78N4O8/c1-5-9-13-17-25-49(26-18-14-10-6-2)87-79(91)61-41-33-53-57-37-45-65-77-66(46-38-58(73(57)77)54-34-42-62(80(87)92)75(61)71(53)54)84(96)89(83(65)95)69-31-23-21-29-51(69)52-30-22-24-32-70(52)90-85(97)67-47-39-59-55-35-43-63-76-64(44-36-56(72(55)76)60-40-48-68(86(90)98)78(67)74(59)60)82(94)88(81(63)93)50(27-19-15-11-7-3)28-20-16-12-8-4/h21-24,29-50H,5-20,25-28H2,1-4H3. The van der Waals surface area contributed by atoms with Crippen LogP contribution in [0.5, 0.6) is 0 Å². The van der Waals surface area contributed by atoms with E-state index in [0.29, 0.717) is 77.2 Å². The quantitative estimate of drug-likeness (QED) is 0.0238. The first-order chi connectivity index (χ1) is 47.9. The van der Waals surface area contributed by atoms with Gasteiger partial charge in [-0.05, 0) is 151 Å². The molecule has 0 aliphatic carbocycles. The summed E-state index contributed by atoms with van der Waals surface area (Å²) in [7, 11) is 0. The lowest BCUT2D eigenvalue weighted by Crippen LogP contribution is -2.47. The van der Waals surface area contributed by atoms with Gasteiger partial charge in [-0.3, -0.25) is 48.2 Å². The maximum Gasteiger partial charge on any atom is 0.266 e. The van der Waals surface area contributed by atoms with Crippen molar-refractivity contribution >= 4 is 145 Å². The second-order valence-electron chi connectivity index (χ2n) is 27.9. The normalized spacial score (nSPS) is 14.8. The number of carbonyl (C=O) groups is 8. The molecule has 0 bridgehead atoms. The van der Waals surface area contributed by atoms with Crippen molar-refractivity contribution in [3.8, 4) is 11.1 Å². The smallest absolute Gasteiger partial charge is 0.266 e. The molecule has 0 fully saturated rings. The van der Waals surface area contributed by atoms with Crippen LogP contribution in [0.15, 0.2) is 146 Å². The number of rotatable bonds is 25. The molecule has 98 heavy (non-hydrogen) atoms. The Hall–Kier alpha value is -10.2. The molecule has 0 saturated carbocycles. The van der Waals surface area contributed by atoms with Gasteiger partial charge in [0.25, 0.3) is 47.3 Å². The molecule has 0 spiro atoms. The summed E-state index contributed by atoms with van der Waals surface area (Å²) in [5, 5.41) is 11.8. The molecule has 0 saturated heterocycles. The molecule has 12 heteroatoms. The molecule has 12 aromatic rings. The summed E-state index contributed by atoms with van der Waals surface area (Å²) in [4.78, 5) is 127. The SMILES string of the molecule is CCCCCCC(CCCCCC)N1C(=O)c2ccc3c4ccc5c6c(ccc(c7ccc(c2c37)C1=O)c64)C(=O)N(c1ccccc1-c1ccccc1N1C(=O)c2ccc3c4ccc6c7c(ccc(c8ccc(c2c38)C1=O)c74)C(=O)N(C(CCCCCC)CCCCCC)C6=O)C5=O. The monoisotopic (exact) mass is 1290 g/mol. The van der Waals surface area contributed by atoms with Gasteiger partial charge in [0.2, 0.25) is 0 Å². The first kappa shape index (κ1) is 62.6. The van der Waals surface area contributed by atoms with Crippen molar-refractivity contribution in [2.24, 2.45) is 0 Å². The highest BCUT2D eigenvalue weighted by Gasteiger charge is 2.43. The van der Waals surface area contributed by atoms with E-state index in [1.165, 1.54) is 9.80 Å². The van der Waals surface area contributed by atoms with Crippen LogP contribution in [-0.2, 0) is 0 Å². The number of para-hydroxylation sites is 2. The molecule has 0 unspecified atom stereocenters. The van der Waals surface area contributed by atoms with E-state index in [1.807, 2.05) is 72.8 Å². The molecule has 0 atom stereocenters. The third-order valence-corrected chi connectivity index (χ3v) is 22.2. The van der Waals surface area contributed by atoms with Gasteiger partial charge in [0.15, 0.2) is 0 Å². The van der Waals surface area contributed by atoms with E-state index in [0.717, 1.165) is 193 Å². The fraction of sp³-hybridized carbons (Fsp3) is 0.302. The summed E-state index contributed by atoms with van der Waals surface area (Å²) >= 11 is 0. The Morgan fingerprint density at radius 2 is 0.439 bits per heavy atom. The number of fused-ring (bicyclic) bond motifs is 4. The summed E-state index contributed by atoms with van der Waals surface area (Å²) in [5.41, 5.74) is 4.73.